The molecule has 0 bridgehead atoms. The summed E-state index contributed by atoms with van der Waals surface area (Å²) in [4.78, 5) is 19.0. The zero-order chi connectivity index (χ0) is 18.1. The van der Waals surface area contributed by atoms with Crippen LogP contribution in [0.1, 0.15) is 27.8 Å². The Hall–Kier alpha value is -2.73. The largest absolute Gasteiger partial charge is 0.360 e. The second-order valence-electron chi connectivity index (χ2n) is 6.05. The van der Waals surface area contributed by atoms with E-state index in [1.54, 1.807) is 35.4 Å². The number of aromatic nitrogens is 1. The summed E-state index contributed by atoms with van der Waals surface area (Å²) in [5.41, 5.74) is 3.01. The molecule has 0 saturated heterocycles. The van der Waals surface area contributed by atoms with E-state index in [9.17, 15) is 9.18 Å². The first-order valence-electron chi connectivity index (χ1n) is 8.14. The molecule has 0 fully saturated rings. The van der Waals surface area contributed by atoms with E-state index >= 15 is 0 Å². The molecule has 130 valence electrons. The van der Waals surface area contributed by atoms with Gasteiger partial charge >= 0.3 is 0 Å². The van der Waals surface area contributed by atoms with Crippen LogP contribution >= 0.6 is 15.9 Å². The SMILES string of the molecule is O=C1c2cccnc2[C@H](Nc2cccc(Br)c2)N1Cc1ccc(F)cc1. The van der Waals surface area contributed by atoms with Crippen molar-refractivity contribution >= 4 is 27.5 Å². The van der Waals surface area contributed by atoms with Crippen molar-refractivity contribution in [3.05, 3.63) is 94.0 Å². The highest BCUT2D eigenvalue weighted by Gasteiger charge is 2.37. The predicted octanol–water partition coefficient (Wildman–Crippen LogP) is 4.75. The zero-order valence-corrected chi connectivity index (χ0v) is 15.3. The zero-order valence-electron chi connectivity index (χ0n) is 13.7. The lowest BCUT2D eigenvalue weighted by Crippen LogP contribution is -2.32. The number of carbonyl (C=O) groups excluding carboxylic acids is 1. The maximum atomic E-state index is 13.2. The number of nitrogens with zero attached hydrogens (tertiary/aromatic N) is 2. The monoisotopic (exact) mass is 411 g/mol. The summed E-state index contributed by atoms with van der Waals surface area (Å²) in [6.45, 7) is 0.362. The van der Waals surface area contributed by atoms with E-state index in [1.165, 1.54) is 12.1 Å². The van der Waals surface area contributed by atoms with Gasteiger partial charge in [0, 0.05) is 22.9 Å². The maximum absolute atomic E-state index is 13.2. The molecule has 0 saturated carbocycles. The number of hydrogen-bond acceptors (Lipinski definition) is 3. The standard InChI is InChI=1S/C20H15BrFN3O/c21-14-3-1-4-16(11-14)24-19-18-17(5-2-10-23-18)20(26)25(19)12-13-6-8-15(22)9-7-13/h1-11,19,24H,12H2/t19-/m1/s1. The Bertz CT molecular complexity index is 961. The molecule has 26 heavy (non-hydrogen) atoms. The normalized spacial score (nSPS) is 15.8. The summed E-state index contributed by atoms with van der Waals surface area (Å²) >= 11 is 3.46. The van der Waals surface area contributed by atoms with Gasteiger partial charge in [-0.15, -0.1) is 0 Å². The number of benzene rings is 2. The Morgan fingerprint density at radius 1 is 1.12 bits per heavy atom. The van der Waals surface area contributed by atoms with Gasteiger partial charge in [0.05, 0.1) is 11.3 Å². The van der Waals surface area contributed by atoms with Crippen molar-refractivity contribution in [2.75, 3.05) is 5.32 Å². The Morgan fingerprint density at radius 3 is 2.69 bits per heavy atom. The van der Waals surface area contributed by atoms with Gasteiger partial charge in [-0.05, 0) is 48.0 Å². The molecule has 3 aromatic rings. The number of fused-ring (bicyclic) bond motifs is 1. The average molecular weight is 412 g/mol. The molecule has 1 aliphatic heterocycles. The Labute approximate surface area is 158 Å². The van der Waals surface area contributed by atoms with Crippen molar-refractivity contribution in [2.24, 2.45) is 0 Å². The molecule has 0 spiro atoms. The minimum Gasteiger partial charge on any atom is -0.360 e. The van der Waals surface area contributed by atoms with Crippen LogP contribution in [0.5, 0.6) is 0 Å². The number of nitrogens with one attached hydrogen (secondary N) is 1. The summed E-state index contributed by atoms with van der Waals surface area (Å²) in [5, 5.41) is 3.39. The van der Waals surface area contributed by atoms with E-state index < -0.39 is 6.17 Å². The summed E-state index contributed by atoms with van der Waals surface area (Å²) in [6, 6.07) is 17.5. The van der Waals surface area contributed by atoms with Gasteiger partial charge in [-0.1, -0.05) is 34.1 Å². The van der Waals surface area contributed by atoms with Crippen molar-refractivity contribution in [3.63, 3.8) is 0 Å². The topological polar surface area (TPSA) is 45.2 Å². The van der Waals surface area contributed by atoms with Crippen LogP contribution in [0.15, 0.2) is 71.3 Å². The van der Waals surface area contributed by atoms with E-state index in [1.807, 2.05) is 24.3 Å². The molecule has 2 heterocycles. The lowest BCUT2D eigenvalue weighted by atomic mass is 10.2. The molecule has 1 aromatic heterocycles. The quantitative estimate of drug-likeness (QED) is 0.673. The van der Waals surface area contributed by atoms with Gasteiger partial charge in [-0.3, -0.25) is 9.78 Å². The average Bonchev–Trinajstić information content (AvgIpc) is 2.90. The third-order valence-electron chi connectivity index (χ3n) is 4.29. The molecule has 2 aromatic carbocycles. The number of amides is 1. The minimum absolute atomic E-state index is 0.0927. The fourth-order valence-electron chi connectivity index (χ4n) is 3.07. The van der Waals surface area contributed by atoms with E-state index in [0.29, 0.717) is 17.8 Å². The molecule has 6 heteroatoms. The number of carbonyl (C=O) groups is 1. The molecular weight excluding hydrogens is 397 g/mol. The highest BCUT2D eigenvalue weighted by molar-refractivity contribution is 9.10. The molecule has 1 aliphatic rings. The van der Waals surface area contributed by atoms with Crippen molar-refractivity contribution in [2.45, 2.75) is 12.7 Å². The first-order chi connectivity index (χ1) is 12.6. The number of rotatable bonds is 4. The van der Waals surface area contributed by atoms with E-state index in [-0.39, 0.29) is 11.7 Å². The summed E-state index contributed by atoms with van der Waals surface area (Å²) in [6.07, 6.45) is 1.29. The summed E-state index contributed by atoms with van der Waals surface area (Å²) < 4.78 is 14.1. The van der Waals surface area contributed by atoms with Crippen molar-refractivity contribution in [1.29, 1.82) is 0 Å². The summed E-state index contributed by atoms with van der Waals surface area (Å²) in [5.74, 6) is -0.389. The van der Waals surface area contributed by atoms with E-state index in [4.69, 9.17) is 0 Å². The maximum Gasteiger partial charge on any atom is 0.258 e. The molecule has 0 unspecified atom stereocenters. The van der Waals surface area contributed by atoms with E-state index in [0.717, 1.165) is 15.7 Å². The van der Waals surface area contributed by atoms with Crippen LogP contribution in [0.2, 0.25) is 0 Å². The van der Waals surface area contributed by atoms with Crippen LogP contribution in [-0.2, 0) is 6.54 Å². The molecule has 0 aliphatic carbocycles. The fraction of sp³-hybridized carbons (Fsp3) is 0.100. The highest BCUT2D eigenvalue weighted by Crippen LogP contribution is 2.34. The number of halogens is 2. The van der Waals surface area contributed by atoms with Crippen LogP contribution in [0.25, 0.3) is 0 Å². The summed E-state index contributed by atoms with van der Waals surface area (Å²) in [7, 11) is 0. The molecule has 4 rings (SSSR count). The van der Waals surface area contributed by atoms with Crippen molar-refractivity contribution < 1.29 is 9.18 Å². The van der Waals surface area contributed by atoms with Gasteiger partial charge in [0.15, 0.2) is 0 Å². The molecule has 0 radical (unpaired) electrons. The van der Waals surface area contributed by atoms with Crippen LogP contribution in [0.4, 0.5) is 10.1 Å². The smallest absolute Gasteiger partial charge is 0.258 e. The number of pyridine rings is 1. The molecular formula is C20H15BrFN3O. The van der Waals surface area contributed by atoms with Crippen LogP contribution in [-0.4, -0.2) is 15.8 Å². The Balaban J connectivity index is 1.68. The minimum atomic E-state index is -0.391. The van der Waals surface area contributed by atoms with E-state index in [2.05, 4.69) is 26.2 Å². The highest BCUT2D eigenvalue weighted by atomic mass is 79.9. The molecule has 4 nitrogen and oxygen atoms in total. The van der Waals surface area contributed by atoms with Gasteiger partial charge in [0.25, 0.3) is 5.91 Å². The lowest BCUT2D eigenvalue weighted by Gasteiger charge is -2.26. The lowest BCUT2D eigenvalue weighted by molar-refractivity contribution is 0.0728. The molecule has 1 atom stereocenters. The van der Waals surface area contributed by atoms with Gasteiger partial charge in [-0.2, -0.15) is 0 Å². The molecule has 1 amide bonds. The Kier molecular flexibility index (Phi) is 4.42. The van der Waals surface area contributed by atoms with Crippen LogP contribution in [0, 0.1) is 5.82 Å². The second-order valence-corrected chi connectivity index (χ2v) is 6.97. The number of hydrogen-bond donors (Lipinski definition) is 1. The third kappa shape index (κ3) is 3.20. The fourth-order valence-corrected chi connectivity index (χ4v) is 3.47. The van der Waals surface area contributed by atoms with Gasteiger partial charge in [-0.25, -0.2) is 4.39 Å². The van der Waals surface area contributed by atoms with Gasteiger partial charge < -0.3 is 10.2 Å². The van der Waals surface area contributed by atoms with Crippen LogP contribution in [0.3, 0.4) is 0 Å². The first kappa shape index (κ1) is 16.7. The van der Waals surface area contributed by atoms with Crippen molar-refractivity contribution in [3.8, 4) is 0 Å². The first-order valence-corrected chi connectivity index (χ1v) is 8.93. The molecule has 1 N–H and O–H groups in total. The number of anilines is 1. The van der Waals surface area contributed by atoms with Crippen LogP contribution < -0.4 is 5.32 Å². The third-order valence-corrected chi connectivity index (χ3v) is 4.79. The van der Waals surface area contributed by atoms with Gasteiger partial charge in [0.1, 0.15) is 12.0 Å². The van der Waals surface area contributed by atoms with Gasteiger partial charge in [0.2, 0.25) is 0 Å². The Morgan fingerprint density at radius 2 is 1.92 bits per heavy atom. The van der Waals surface area contributed by atoms with Crippen molar-refractivity contribution in [1.82, 2.24) is 9.88 Å². The predicted molar refractivity (Wildman–Crippen MR) is 101 cm³/mol. The second kappa shape index (κ2) is 6.88.